The lowest BCUT2D eigenvalue weighted by Gasteiger charge is -2.08. The van der Waals surface area contributed by atoms with Gasteiger partial charge in [0.25, 0.3) is 5.56 Å². The first-order chi connectivity index (χ1) is 14.7. The average Bonchev–Trinajstić information content (AvgIpc) is 3.62. The third kappa shape index (κ3) is 3.87. The predicted octanol–water partition coefficient (Wildman–Crippen LogP) is 4.04. The molecule has 5 rings (SSSR count). The maximum Gasteiger partial charge on any atom is 0.316 e. The van der Waals surface area contributed by atoms with Gasteiger partial charge in [0.2, 0.25) is 0 Å². The fourth-order valence-electron chi connectivity index (χ4n) is 3.23. The lowest BCUT2D eigenvalue weighted by molar-refractivity contribution is 0.279. The molecule has 1 saturated carbocycles. The number of hydrogen-bond donors (Lipinski definition) is 0. The highest BCUT2D eigenvalue weighted by Gasteiger charge is 2.22. The molecule has 0 bridgehead atoms. The zero-order valence-corrected chi connectivity index (χ0v) is 16.5. The summed E-state index contributed by atoms with van der Waals surface area (Å²) in [6.07, 6.45) is 8.84. The topological polar surface area (TPSA) is 78.6 Å². The molecule has 0 aliphatic heterocycles. The summed E-state index contributed by atoms with van der Waals surface area (Å²) in [4.78, 5) is 24.9. The number of ether oxygens (including phenoxy) is 2. The third-order valence-corrected chi connectivity index (χ3v) is 5.08. The van der Waals surface area contributed by atoms with Crippen LogP contribution in [0.3, 0.4) is 0 Å². The largest absolute Gasteiger partial charge is 0.459 e. The predicted molar refractivity (Wildman–Crippen MR) is 111 cm³/mol. The number of nitrogens with zero attached hydrogens (tertiary/aromatic N) is 4. The summed E-state index contributed by atoms with van der Waals surface area (Å²) in [6, 6.07) is 12.3. The van der Waals surface area contributed by atoms with E-state index in [9.17, 15) is 4.79 Å². The number of benzene rings is 1. The van der Waals surface area contributed by atoms with Crippen LogP contribution in [0.1, 0.15) is 35.4 Å². The number of hydrogen-bond acceptors (Lipinski definition) is 6. The monoisotopic (exact) mass is 400 g/mol. The molecule has 0 amide bonds. The highest BCUT2D eigenvalue weighted by atomic mass is 16.5. The Kier molecular flexibility index (Phi) is 4.63. The summed E-state index contributed by atoms with van der Waals surface area (Å²) in [5.41, 5.74) is 3.47. The average molecular weight is 400 g/mol. The standard InChI is InChI=1S/C23H20N4O3/c1-15-10-24-21-9-8-19(13-27(21)22(15)28)30-20-11-25-23(26-12-20)29-14-16-2-4-17(5-3-16)18-6-7-18/h2-5,8-13,18H,6-7,14H2,1H3. The molecule has 1 aliphatic carbocycles. The third-order valence-electron chi connectivity index (χ3n) is 5.08. The van der Waals surface area contributed by atoms with Gasteiger partial charge < -0.3 is 9.47 Å². The maximum absolute atomic E-state index is 12.2. The van der Waals surface area contributed by atoms with Crippen molar-refractivity contribution in [3.8, 4) is 17.5 Å². The number of aromatic nitrogens is 4. The van der Waals surface area contributed by atoms with E-state index in [4.69, 9.17) is 9.47 Å². The van der Waals surface area contributed by atoms with Gasteiger partial charge in [0.15, 0.2) is 5.75 Å². The molecule has 1 aromatic carbocycles. The van der Waals surface area contributed by atoms with Gasteiger partial charge in [-0.05, 0) is 48.9 Å². The van der Waals surface area contributed by atoms with Crippen LogP contribution in [0.5, 0.6) is 17.5 Å². The zero-order chi connectivity index (χ0) is 20.5. The van der Waals surface area contributed by atoms with Gasteiger partial charge in [-0.1, -0.05) is 24.3 Å². The minimum atomic E-state index is -0.129. The first-order valence-electron chi connectivity index (χ1n) is 9.85. The van der Waals surface area contributed by atoms with Crippen LogP contribution in [0.15, 0.2) is 66.0 Å². The first kappa shape index (κ1) is 18.3. The molecule has 7 nitrogen and oxygen atoms in total. The summed E-state index contributed by atoms with van der Waals surface area (Å²) in [6.45, 7) is 2.13. The Balaban J connectivity index is 1.24. The van der Waals surface area contributed by atoms with Crippen molar-refractivity contribution in [3.63, 3.8) is 0 Å². The molecule has 0 unspecified atom stereocenters. The van der Waals surface area contributed by atoms with Gasteiger partial charge in [-0.15, -0.1) is 0 Å². The minimum Gasteiger partial charge on any atom is -0.459 e. The van der Waals surface area contributed by atoms with E-state index in [-0.39, 0.29) is 11.6 Å². The van der Waals surface area contributed by atoms with E-state index in [0.29, 0.717) is 29.3 Å². The van der Waals surface area contributed by atoms with Crippen molar-refractivity contribution >= 4 is 5.65 Å². The van der Waals surface area contributed by atoms with Crippen molar-refractivity contribution in [1.29, 1.82) is 0 Å². The summed E-state index contributed by atoms with van der Waals surface area (Å²) in [5.74, 6) is 1.69. The van der Waals surface area contributed by atoms with Gasteiger partial charge in [-0.3, -0.25) is 9.20 Å². The van der Waals surface area contributed by atoms with Crippen LogP contribution in [-0.2, 0) is 6.61 Å². The number of fused-ring (bicyclic) bond motifs is 1. The smallest absolute Gasteiger partial charge is 0.316 e. The number of rotatable bonds is 6. The van der Waals surface area contributed by atoms with Crippen LogP contribution in [0.4, 0.5) is 0 Å². The van der Waals surface area contributed by atoms with E-state index >= 15 is 0 Å². The summed E-state index contributed by atoms with van der Waals surface area (Å²) in [5, 5.41) is 0. The van der Waals surface area contributed by atoms with Crippen molar-refractivity contribution in [3.05, 3.63) is 88.2 Å². The van der Waals surface area contributed by atoms with E-state index in [1.807, 2.05) is 0 Å². The summed E-state index contributed by atoms with van der Waals surface area (Å²) < 4.78 is 12.9. The van der Waals surface area contributed by atoms with Gasteiger partial charge in [-0.2, -0.15) is 9.97 Å². The van der Waals surface area contributed by atoms with E-state index in [1.54, 1.807) is 43.8 Å². The van der Waals surface area contributed by atoms with Crippen LogP contribution >= 0.6 is 0 Å². The lowest BCUT2D eigenvalue weighted by atomic mass is 10.1. The van der Waals surface area contributed by atoms with E-state index in [1.165, 1.54) is 22.8 Å². The molecular formula is C23H20N4O3. The quantitative estimate of drug-likeness (QED) is 0.486. The second kappa shape index (κ2) is 7.59. The van der Waals surface area contributed by atoms with Gasteiger partial charge in [0.1, 0.15) is 18.0 Å². The normalized spacial score (nSPS) is 13.4. The molecule has 0 saturated heterocycles. The van der Waals surface area contributed by atoms with Crippen LogP contribution in [0, 0.1) is 6.92 Å². The van der Waals surface area contributed by atoms with Crippen LogP contribution < -0.4 is 15.0 Å². The summed E-state index contributed by atoms with van der Waals surface area (Å²) in [7, 11) is 0. The highest BCUT2D eigenvalue weighted by Crippen LogP contribution is 2.39. The highest BCUT2D eigenvalue weighted by molar-refractivity contribution is 5.42. The van der Waals surface area contributed by atoms with Crippen molar-refractivity contribution in [2.24, 2.45) is 0 Å². The second-order valence-electron chi connectivity index (χ2n) is 7.45. The molecule has 1 fully saturated rings. The van der Waals surface area contributed by atoms with Crippen molar-refractivity contribution in [2.75, 3.05) is 0 Å². The van der Waals surface area contributed by atoms with E-state index in [2.05, 4.69) is 39.2 Å². The second-order valence-corrected chi connectivity index (χ2v) is 7.45. The van der Waals surface area contributed by atoms with E-state index in [0.717, 1.165) is 11.5 Å². The lowest BCUT2D eigenvalue weighted by Crippen LogP contribution is -2.16. The van der Waals surface area contributed by atoms with Crippen LogP contribution in [0.25, 0.3) is 5.65 Å². The molecule has 1 aliphatic rings. The Morgan fingerprint density at radius 3 is 2.47 bits per heavy atom. The van der Waals surface area contributed by atoms with Gasteiger partial charge >= 0.3 is 6.01 Å². The van der Waals surface area contributed by atoms with E-state index < -0.39 is 0 Å². The van der Waals surface area contributed by atoms with Gasteiger partial charge in [0, 0.05) is 11.8 Å². The van der Waals surface area contributed by atoms with Gasteiger partial charge in [0.05, 0.1) is 18.6 Å². The zero-order valence-electron chi connectivity index (χ0n) is 16.5. The molecule has 150 valence electrons. The van der Waals surface area contributed by atoms with Crippen molar-refractivity contribution < 1.29 is 9.47 Å². The summed E-state index contributed by atoms with van der Waals surface area (Å²) >= 11 is 0. The Labute approximate surface area is 173 Å². The van der Waals surface area contributed by atoms with Crippen LogP contribution in [0.2, 0.25) is 0 Å². The van der Waals surface area contributed by atoms with Gasteiger partial charge in [-0.25, -0.2) is 4.98 Å². The minimum absolute atomic E-state index is 0.129. The molecule has 3 heterocycles. The molecular weight excluding hydrogens is 380 g/mol. The Morgan fingerprint density at radius 2 is 1.73 bits per heavy atom. The molecule has 4 aromatic rings. The molecule has 0 N–H and O–H groups in total. The SMILES string of the molecule is Cc1cnc2ccc(Oc3cnc(OCc4ccc(C5CC5)cc4)nc3)cn2c1=O. The Hall–Kier alpha value is -3.74. The fraction of sp³-hybridized carbons (Fsp3) is 0.217. The fourth-order valence-corrected chi connectivity index (χ4v) is 3.23. The molecule has 7 heteroatoms. The number of pyridine rings is 1. The van der Waals surface area contributed by atoms with Crippen LogP contribution in [-0.4, -0.2) is 19.4 Å². The molecule has 0 spiro atoms. The molecule has 3 aromatic heterocycles. The Bertz CT molecular complexity index is 1250. The number of aryl methyl sites for hydroxylation is 1. The molecule has 0 radical (unpaired) electrons. The molecule has 0 atom stereocenters. The maximum atomic E-state index is 12.2. The van der Waals surface area contributed by atoms with Crippen molar-refractivity contribution in [2.45, 2.75) is 32.3 Å². The Morgan fingerprint density at radius 1 is 0.967 bits per heavy atom. The first-order valence-corrected chi connectivity index (χ1v) is 9.85. The molecule has 30 heavy (non-hydrogen) atoms. The van der Waals surface area contributed by atoms with Crippen molar-refractivity contribution in [1.82, 2.24) is 19.4 Å².